The molecule has 21 heavy (non-hydrogen) atoms. The van der Waals surface area contributed by atoms with Gasteiger partial charge in [0.25, 0.3) is 5.91 Å². The third kappa shape index (κ3) is 2.46. The minimum Gasteiger partial charge on any atom is -0.480 e. The van der Waals surface area contributed by atoms with Crippen molar-refractivity contribution < 1.29 is 14.7 Å². The fraction of sp³-hybridized carbons (Fsp3) is 0.533. The monoisotopic (exact) mass is 289 g/mol. The predicted octanol–water partition coefficient (Wildman–Crippen LogP) is 1.40. The second-order valence-electron chi connectivity index (χ2n) is 5.87. The van der Waals surface area contributed by atoms with Gasteiger partial charge in [0.2, 0.25) is 0 Å². The van der Waals surface area contributed by atoms with E-state index < -0.39 is 17.9 Å². The van der Waals surface area contributed by atoms with Crippen LogP contribution in [-0.4, -0.2) is 34.1 Å². The lowest BCUT2D eigenvalue weighted by Gasteiger charge is -2.34. The summed E-state index contributed by atoms with van der Waals surface area (Å²) in [5, 5.41) is 9.52. The van der Waals surface area contributed by atoms with Crippen molar-refractivity contribution in [1.82, 2.24) is 4.98 Å². The van der Waals surface area contributed by atoms with E-state index in [-0.39, 0.29) is 11.7 Å². The summed E-state index contributed by atoms with van der Waals surface area (Å²) in [5.41, 5.74) is 6.18. The Labute approximate surface area is 123 Å². The van der Waals surface area contributed by atoms with E-state index in [1.165, 1.54) is 12.6 Å². The molecule has 3 N–H and O–H groups in total. The van der Waals surface area contributed by atoms with Gasteiger partial charge in [-0.1, -0.05) is 12.8 Å². The Kier molecular flexibility index (Phi) is 3.53. The quantitative estimate of drug-likeness (QED) is 0.876. The van der Waals surface area contributed by atoms with Gasteiger partial charge in [-0.05, 0) is 37.3 Å². The molecule has 1 saturated heterocycles. The highest BCUT2D eigenvalue weighted by atomic mass is 16.4. The maximum absolute atomic E-state index is 11.6. The first-order valence-corrected chi connectivity index (χ1v) is 7.35. The summed E-state index contributed by atoms with van der Waals surface area (Å²) < 4.78 is 0. The van der Waals surface area contributed by atoms with Crippen molar-refractivity contribution in [2.24, 2.45) is 11.7 Å². The molecule has 3 rings (SSSR count). The van der Waals surface area contributed by atoms with E-state index in [1.54, 1.807) is 12.1 Å². The molecule has 2 fully saturated rings. The van der Waals surface area contributed by atoms with Gasteiger partial charge in [-0.2, -0.15) is 0 Å². The highest BCUT2D eigenvalue weighted by Crippen LogP contribution is 2.42. The van der Waals surface area contributed by atoms with Crippen LogP contribution in [-0.2, 0) is 4.79 Å². The van der Waals surface area contributed by atoms with Gasteiger partial charge in [0.05, 0.1) is 0 Å². The van der Waals surface area contributed by atoms with Gasteiger partial charge in [0.1, 0.15) is 11.7 Å². The van der Waals surface area contributed by atoms with Crippen molar-refractivity contribution >= 4 is 17.6 Å². The molecule has 6 nitrogen and oxygen atoms in total. The van der Waals surface area contributed by atoms with Crippen LogP contribution in [0.1, 0.15) is 42.6 Å². The second kappa shape index (κ2) is 5.35. The lowest BCUT2D eigenvalue weighted by Crippen LogP contribution is -2.42. The predicted molar refractivity (Wildman–Crippen MR) is 77.0 cm³/mol. The van der Waals surface area contributed by atoms with E-state index in [9.17, 15) is 14.7 Å². The van der Waals surface area contributed by atoms with E-state index in [1.807, 2.05) is 4.90 Å². The number of nitrogens with zero attached hydrogens (tertiary/aromatic N) is 2. The number of primary amides is 1. The van der Waals surface area contributed by atoms with Crippen LogP contribution in [0.3, 0.4) is 0 Å². The average Bonchev–Trinajstić information content (AvgIpc) is 2.87. The molecule has 0 radical (unpaired) electrons. The number of carboxylic acids is 1. The van der Waals surface area contributed by atoms with E-state index >= 15 is 0 Å². The van der Waals surface area contributed by atoms with Gasteiger partial charge in [-0.15, -0.1) is 0 Å². The fourth-order valence-electron chi connectivity index (χ4n) is 3.77. The van der Waals surface area contributed by atoms with Crippen LogP contribution >= 0.6 is 0 Å². The van der Waals surface area contributed by atoms with Crippen LogP contribution in [0.25, 0.3) is 0 Å². The first kappa shape index (κ1) is 13.9. The molecule has 1 aliphatic carbocycles. The SMILES string of the molecule is NC(=O)c1cc(N2C(C(=O)O)CC3CCCCC32)ccn1. The first-order valence-electron chi connectivity index (χ1n) is 7.35. The van der Waals surface area contributed by atoms with Crippen molar-refractivity contribution in [1.29, 1.82) is 0 Å². The minimum absolute atomic E-state index is 0.177. The molecule has 1 saturated carbocycles. The molecule has 0 bridgehead atoms. The van der Waals surface area contributed by atoms with Crippen molar-refractivity contribution in [3.05, 3.63) is 24.0 Å². The van der Waals surface area contributed by atoms with Gasteiger partial charge < -0.3 is 15.7 Å². The lowest BCUT2D eigenvalue weighted by atomic mass is 9.84. The van der Waals surface area contributed by atoms with E-state index in [0.717, 1.165) is 24.9 Å². The van der Waals surface area contributed by atoms with E-state index in [2.05, 4.69) is 4.98 Å². The highest BCUT2D eigenvalue weighted by molar-refractivity contribution is 5.92. The molecule has 0 spiro atoms. The smallest absolute Gasteiger partial charge is 0.326 e. The third-order valence-corrected chi connectivity index (χ3v) is 4.67. The van der Waals surface area contributed by atoms with E-state index in [4.69, 9.17) is 5.73 Å². The number of pyridine rings is 1. The number of hydrogen-bond acceptors (Lipinski definition) is 4. The number of carbonyl (C=O) groups excluding carboxylic acids is 1. The number of carboxylic acid groups (broad SMARTS) is 1. The van der Waals surface area contributed by atoms with Crippen molar-refractivity contribution in [2.75, 3.05) is 4.90 Å². The maximum Gasteiger partial charge on any atom is 0.326 e. The standard InChI is InChI=1S/C15H19N3O3/c16-14(19)11-8-10(5-6-17-11)18-12-4-2-1-3-9(12)7-13(18)15(20)21/h5-6,8-9,12-13H,1-4,7H2,(H2,16,19)(H,20,21). The van der Waals surface area contributed by atoms with Crippen LogP contribution in [0.4, 0.5) is 5.69 Å². The molecule has 2 heterocycles. The highest BCUT2D eigenvalue weighted by Gasteiger charge is 2.45. The Morgan fingerprint density at radius 2 is 2.10 bits per heavy atom. The third-order valence-electron chi connectivity index (χ3n) is 4.67. The van der Waals surface area contributed by atoms with Crippen molar-refractivity contribution in [3.8, 4) is 0 Å². The second-order valence-corrected chi connectivity index (χ2v) is 5.87. The van der Waals surface area contributed by atoms with Crippen molar-refractivity contribution in [2.45, 2.75) is 44.2 Å². The Bertz CT molecular complexity index is 575. The molecule has 0 aromatic carbocycles. The zero-order valence-corrected chi connectivity index (χ0v) is 11.7. The number of nitrogens with two attached hydrogens (primary N) is 1. The summed E-state index contributed by atoms with van der Waals surface area (Å²) in [4.78, 5) is 28.8. The van der Waals surface area contributed by atoms with E-state index in [0.29, 0.717) is 12.3 Å². The molecule has 3 unspecified atom stereocenters. The zero-order valence-electron chi connectivity index (χ0n) is 11.7. The molecule has 1 aromatic rings. The molecule has 3 atom stereocenters. The summed E-state index contributed by atoms with van der Waals surface area (Å²) in [6.07, 6.45) is 6.57. The van der Waals surface area contributed by atoms with Gasteiger partial charge in [0.15, 0.2) is 0 Å². The maximum atomic E-state index is 11.6. The molecule has 1 aromatic heterocycles. The van der Waals surface area contributed by atoms with Crippen LogP contribution in [0.15, 0.2) is 18.3 Å². The fourth-order valence-corrected chi connectivity index (χ4v) is 3.77. The molecule has 1 amide bonds. The molecule has 1 aliphatic heterocycles. The molecular formula is C15H19N3O3. The van der Waals surface area contributed by atoms with Crippen LogP contribution in [0.5, 0.6) is 0 Å². The molecule has 112 valence electrons. The topological polar surface area (TPSA) is 96.5 Å². The number of amides is 1. The Morgan fingerprint density at radius 1 is 1.33 bits per heavy atom. The molecule has 6 heteroatoms. The van der Waals surface area contributed by atoms with Gasteiger partial charge in [-0.3, -0.25) is 9.78 Å². The zero-order chi connectivity index (χ0) is 15.0. The lowest BCUT2D eigenvalue weighted by molar-refractivity contribution is -0.138. The number of anilines is 1. The average molecular weight is 289 g/mol. The summed E-state index contributed by atoms with van der Waals surface area (Å²) in [6, 6.07) is 3.08. The van der Waals surface area contributed by atoms with Gasteiger partial charge >= 0.3 is 5.97 Å². The number of aromatic nitrogens is 1. The number of aliphatic carboxylic acids is 1. The van der Waals surface area contributed by atoms with Crippen LogP contribution < -0.4 is 10.6 Å². The summed E-state index contributed by atoms with van der Waals surface area (Å²) >= 11 is 0. The number of rotatable bonds is 3. The number of carbonyl (C=O) groups is 2. The van der Waals surface area contributed by atoms with Crippen LogP contribution in [0.2, 0.25) is 0 Å². The number of fused-ring (bicyclic) bond motifs is 1. The van der Waals surface area contributed by atoms with Gasteiger partial charge in [-0.25, -0.2) is 4.79 Å². The summed E-state index contributed by atoms with van der Waals surface area (Å²) in [5.74, 6) is -0.977. The first-order chi connectivity index (χ1) is 10.1. The summed E-state index contributed by atoms with van der Waals surface area (Å²) in [7, 11) is 0. The number of hydrogen-bond donors (Lipinski definition) is 2. The Hall–Kier alpha value is -2.11. The molecule has 2 aliphatic rings. The van der Waals surface area contributed by atoms with Crippen LogP contribution in [0, 0.1) is 5.92 Å². The van der Waals surface area contributed by atoms with Crippen molar-refractivity contribution in [3.63, 3.8) is 0 Å². The normalized spacial score (nSPS) is 28.2. The molecular weight excluding hydrogens is 270 g/mol. The van der Waals surface area contributed by atoms with Gasteiger partial charge in [0, 0.05) is 17.9 Å². The summed E-state index contributed by atoms with van der Waals surface area (Å²) in [6.45, 7) is 0. The Morgan fingerprint density at radius 3 is 2.81 bits per heavy atom. The largest absolute Gasteiger partial charge is 0.480 e. The Balaban J connectivity index is 1.98. The minimum atomic E-state index is -0.804.